The van der Waals surface area contributed by atoms with Crippen molar-refractivity contribution in [2.45, 2.75) is 20.3 Å². The lowest BCUT2D eigenvalue weighted by Gasteiger charge is -1.86. The van der Waals surface area contributed by atoms with Crippen molar-refractivity contribution in [1.29, 1.82) is 0 Å². The molecule has 0 radical (unpaired) electrons. The Morgan fingerprint density at radius 2 is 2.25 bits per heavy atom. The van der Waals surface area contributed by atoms with Crippen LogP contribution in [0.5, 0.6) is 0 Å². The molecule has 0 rings (SSSR count). The van der Waals surface area contributed by atoms with Crippen LogP contribution >= 0.6 is 0 Å². The molecule has 0 unspecified atom stereocenters. The number of hydrogen-bond donors (Lipinski definition) is 1. The van der Waals surface area contributed by atoms with Crippen molar-refractivity contribution in [2.75, 3.05) is 0 Å². The van der Waals surface area contributed by atoms with E-state index < -0.39 is 0 Å². The van der Waals surface area contributed by atoms with Crippen LogP contribution in [0.1, 0.15) is 20.3 Å². The maximum absolute atomic E-state index is 8.80. The average molecular weight is 112 g/mol. The molecule has 46 valence electrons. The standard InChI is InChI=1S/C7H12O/c1-3-5-6-7(8)4-2/h3,5-6,8H,4H2,1-2H3. The maximum Gasteiger partial charge on any atom is 0.0919 e. The van der Waals surface area contributed by atoms with Gasteiger partial charge in [0, 0.05) is 6.42 Å². The van der Waals surface area contributed by atoms with E-state index in [1.165, 1.54) is 0 Å². The third-order valence-electron chi connectivity index (χ3n) is 0.843. The highest BCUT2D eigenvalue weighted by atomic mass is 16.3. The second-order valence-corrected chi connectivity index (χ2v) is 1.54. The van der Waals surface area contributed by atoms with Gasteiger partial charge in [-0.2, -0.15) is 0 Å². The first kappa shape index (κ1) is 7.28. The lowest BCUT2D eigenvalue weighted by atomic mass is 10.3. The Balaban J connectivity index is 3.57. The van der Waals surface area contributed by atoms with Crippen molar-refractivity contribution in [3.63, 3.8) is 0 Å². The van der Waals surface area contributed by atoms with E-state index in [4.69, 9.17) is 5.11 Å². The number of allylic oxidation sites excluding steroid dienone is 4. The van der Waals surface area contributed by atoms with Crippen LogP contribution in [-0.4, -0.2) is 5.11 Å². The molecule has 1 heteroatoms. The Morgan fingerprint density at radius 3 is 2.62 bits per heavy atom. The quantitative estimate of drug-likeness (QED) is 0.429. The molecule has 0 atom stereocenters. The molecule has 8 heavy (non-hydrogen) atoms. The molecular weight excluding hydrogens is 100 g/mol. The van der Waals surface area contributed by atoms with Gasteiger partial charge in [0.25, 0.3) is 0 Å². The fourth-order valence-electron chi connectivity index (χ4n) is 0.325. The van der Waals surface area contributed by atoms with Crippen LogP contribution in [0.25, 0.3) is 0 Å². The molecule has 0 aromatic heterocycles. The summed E-state index contributed by atoms with van der Waals surface area (Å²) in [5.74, 6) is 0.433. The van der Waals surface area contributed by atoms with Gasteiger partial charge in [-0.1, -0.05) is 19.1 Å². The minimum absolute atomic E-state index is 0.433. The first-order valence-electron chi connectivity index (χ1n) is 2.82. The smallest absolute Gasteiger partial charge is 0.0919 e. The summed E-state index contributed by atoms with van der Waals surface area (Å²) in [5.41, 5.74) is 0. The zero-order valence-electron chi connectivity index (χ0n) is 5.39. The van der Waals surface area contributed by atoms with Crippen molar-refractivity contribution >= 4 is 0 Å². The first-order chi connectivity index (χ1) is 3.81. The molecule has 0 saturated heterocycles. The average Bonchev–Trinajstić information content (AvgIpc) is 1.83. The van der Waals surface area contributed by atoms with E-state index in [0.29, 0.717) is 12.2 Å². The molecule has 0 bridgehead atoms. The van der Waals surface area contributed by atoms with Crippen LogP contribution in [0.3, 0.4) is 0 Å². The van der Waals surface area contributed by atoms with Crippen LogP contribution in [0.2, 0.25) is 0 Å². The second-order valence-electron chi connectivity index (χ2n) is 1.54. The van der Waals surface area contributed by atoms with Gasteiger partial charge in [0.2, 0.25) is 0 Å². The number of hydrogen-bond acceptors (Lipinski definition) is 1. The number of rotatable bonds is 2. The lowest BCUT2D eigenvalue weighted by molar-refractivity contribution is 0.395. The second kappa shape index (κ2) is 4.44. The maximum atomic E-state index is 8.80. The Morgan fingerprint density at radius 1 is 1.62 bits per heavy atom. The van der Waals surface area contributed by atoms with E-state index in [1.807, 2.05) is 26.0 Å². The van der Waals surface area contributed by atoms with Gasteiger partial charge < -0.3 is 5.11 Å². The summed E-state index contributed by atoms with van der Waals surface area (Å²) in [4.78, 5) is 0. The van der Waals surface area contributed by atoms with Crippen LogP contribution < -0.4 is 0 Å². The molecule has 0 fully saturated rings. The van der Waals surface area contributed by atoms with Gasteiger partial charge >= 0.3 is 0 Å². The molecule has 0 aliphatic carbocycles. The van der Waals surface area contributed by atoms with Gasteiger partial charge in [0.05, 0.1) is 5.76 Å². The van der Waals surface area contributed by atoms with Crippen LogP contribution in [0, 0.1) is 0 Å². The van der Waals surface area contributed by atoms with Gasteiger partial charge in [0.15, 0.2) is 0 Å². The minimum Gasteiger partial charge on any atom is -0.512 e. The predicted molar refractivity (Wildman–Crippen MR) is 35.8 cm³/mol. The van der Waals surface area contributed by atoms with Crippen LogP contribution in [0.4, 0.5) is 0 Å². The summed E-state index contributed by atoms with van der Waals surface area (Å²) in [7, 11) is 0. The Labute approximate surface area is 50.3 Å². The van der Waals surface area contributed by atoms with Crippen LogP contribution in [-0.2, 0) is 0 Å². The van der Waals surface area contributed by atoms with Gasteiger partial charge in [-0.3, -0.25) is 0 Å². The lowest BCUT2D eigenvalue weighted by Crippen LogP contribution is -1.72. The summed E-state index contributed by atoms with van der Waals surface area (Å²) >= 11 is 0. The van der Waals surface area contributed by atoms with E-state index in [-0.39, 0.29) is 0 Å². The highest BCUT2D eigenvalue weighted by Crippen LogP contribution is 1.92. The van der Waals surface area contributed by atoms with E-state index in [2.05, 4.69) is 0 Å². The first-order valence-corrected chi connectivity index (χ1v) is 2.82. The van der Waals surface area contributed by atoms with Crippen molar-refractivity contribution in [3.8, 4) is 0 Å². The van der Waals surface area contributed by atoms with Crippen molar-refractivity contribution < 1.29 is 5.11 Å². The highest BCUT2D eigenvalue weighted by Gasteiger charge is 1.78. The normalized spacial score (nSPS) is 13.0. The van der Waals surface area contributed by atoms with Gasteiger partial charge in [-0.15, -0.1) is 0 Å². The Hall–Kier alpha value is -0.720. The SMILES string of the molecule is CC=CC=C(O)CC. The molecule has 0 aliphatic rings. The zero-order chi connectivity index (χ0) is 6.41. The van der Waals surface area contributed by atoms with E-state index in [0.717, 1.165) is 0 Å². The van der Waals surface area contributed by atoms with E-state index in [1.54, 1.807) is 6.08 Å². The van der Waals surface area contributed by atoms with E-state index >= 15 is 0 Å². The predicted octanol–water partition coefficient (Wildman–Crippen LogP) is 2.41. The fraction of sp³-hybridized carbons (Fsp3) is 0.429. The van der Waals surface area contributed by atoms with Crippen molar-refractivity contribution in [2.24, 2.45) is 0 Å². The third kappa shape index (κ3) is 3.47. The molecule has 1 nitrogen and oxygen atoms in total. The number of aliphatic hydroxyl groups excluding tert-OH is 1. The third-order valence-corrected chi connectivity index (χ3v) is 0.843. The summed E-state index contributed by atoms with van der Waals surface area (Å²) in [6.45, 7) is 3.83. The minimum atomic E-state index is 0.433. The summed E-state index contributed by atoms with van der Waals surface area (Å²) < 4.78 is 0. The molecule has 0 amide bonds. The highest BCUT2D eigenvalue weighted by molar-refractivity contribution is 5.04. The Kier molecular flexibility index (Phi) is 4.04. The molecule has 0 aromatic carbocycles. The van der Waals surface area contributed by atoms with Gasteiger partial charge in [-0.05, 0) is 13.0 Å². The zero-order valence-corrected chi connectivity index (χ0v) is 5.39. The largest absolute Gasteiger partial charge is 0.512 e. The topological polar surface area (TPSA) is 20.2 Å². The van der Waals surface area contributed by atoms with E-state index in [9.17, 15) is 0 Å². The van der Waals surface area contributed by atoms with Crippen LogP contribution in [0.15, 0.2) is 24.0 Å². The summed E-state index contributed by atoms with van der Waals surface area (Å²) in [6.07, 6.45) is 6.11. The molecule has 0 spiro atoms. The Bertz CT molecular complexity index is 101. The monoisotopic (exact) mass is 112 g/mol. The number of aliphatic hydroxyl groups is 1. The molecule has 0 saturated carbocycles. The fourth-order valence-corrected chi connectivity index (χ4v) is 0.325. The molecular formula is C7H12O. The van der Waals surface area contributed by atoms with Crippen molar-refractivity contribution in [1.82, 2.24) is 0 Å². The summed E-state index contributed by atoms with van der Waals surface area (Å²) in [6, 6.07) is 0. The molecule has 0 aromatic rings. The molecule has 0 heterocycles. The van der Waals surface area contributed by atoms with Gasteiger partial charge in [-0.25, -0.2) is 0 Å². The molecule has 1 N–H and O–H groups in total. The van der Waals surface area contributed by atoms with Gasteiger partial charge in [0.1, 0.15) is 0 Å². The summed E-state index contributed by atoms with van der Waals surface area (Å²) in [5, 5.41) is 8.80. The molecule has 0 aliphatic heterocycles. The van der Waals surface area contributed by atoms with Crippen molar-refractivity contribution in [3.05, 3.63) is 24.0 Å².